The van der Waals surface area contributed by atoms with E-state index < -0.39 is 5.97 Å². The molecule has 0 aliphatic carbocycles. The lowest BCUT2D eigenvalue weighted by atomic mass is 10.2. The average molecular weight is 182 g/mol. The molecular formula is C9H14N2O2. The van der Waals surface area contributed by atoms with Crippen molar-refractivity contribution < 1.29 is 9.90 Å². The van der Waals surface area contributed by atoms with Crippen LogP contribution in [0.5, 0.6) is 0 Å². The molecule has 1 heterocycles. The number of aromatic amines is 1. The van der Waals surface area contributed by atoms with Crippen LogP contribution in [0.15, 0.2) is 6.07 Å². The van der Waals surface area contributed by atoms with Crippen LogP contribution in [-0.2, 0) is 6.42 Å². The summed E-state index contributed by atoms with van der Waals surface area (Å²) in [7, 11) is 1.87. The van der Waals surface area contributed by atoms with Gasteiger partial charge in [-0.15, -0.1) is 0 Å². The highest BCUT2D eigenvalue weighted by atomic mass is 16.4. The topological polar surface area (TPSA) is 65.1 Å². The van der Waals surface area contributed by atoms with Crippen molar-refractivity contribution in [2.75, 3.05) is 13.6 Å². The Morgan fingerprint density at radius 1 is 1.69 bits per heavy atom. The molecule has 4 nitrogen and oxygen atoms in total. The Morgan fingerprint density at radius 3 is 2.85 bits per heavy atom. The van der Waals surface area contributed by atoms with Crippen molar-refractivity contribution in [1.82, 2.24) is 10.3 Å². The largest absolute Gasteiger partial charge is 0.477 e. The van der Waals surface area contributed by atoms with E-state index in [4.69, 9.17) is 5.11 Å². The molecule has 1 aromatic heterocycles. The Morgan fingerprint density at radius 2 is 2.38 bits per heavy atom. The fourth-order valence-electron chi connectivity index (χ4n) is 1.23. The number of carboxylic acids is 1. The number of aromatic carboxylic acids is 1. The maximum absolute atomic E-state index is 10.6. The molecule has 0 fully saturated rings. The second-order valence-corrected chi connectivity index (χ2v) is 3.00. The molecule has 1 rings (SSSR count). The number of aryl methyl sites for hydroxylation is 1. The molecule has 0 atom stereocenters. The summed E-state index contributed by atoms with van der Waals surface area (Å²) in [6.45, 7) is 2.76. The molecule has 0 saturated heterocycles. The van der Waals surface area contributed by atoms with Crippen LogP contribution in [0.4, 0.5) is 0 Å². The van der Waals surface area contributed by atoms with Crippen LogP contribution in [0.3, 0.4) is 0 Å². The van der Waals surface area contributed by atoms with E-state index in [1.165, 1.54) is 0 Å². The lowest BCUT2D eigenvalue weighted by Gasteiger charge is -1.98. The molecule has 0 aliphatic heterocycles. The third-order valence-electron chi connectivity index (χ3n) is 1.98. The summed E-state index contributed by atoms with van der Waals surface area (Å²) in [4.78, 5) is 13.5. The summed E-state index contributed by atoms with van der Waals surface area (Å²) in [6, 6.07) is 1.66. The van der Waals surface area contributed by atoms with Crippen molar-refractivity contribution in [3.8, 4) is 0 Å². The van der Waals surface area contributed by atoms with Crippen LogP contribution < -0.4 is 5.32 Å². The molecule has 3 N–H and O–H groups in total. The summed E-state index contributed by atoms with van der Waals surface area (Å²) >= 11 is 0. The summed E-state index contributed by atoms with van der Waals surface area (Å²) in [5.41, 5.74) is 2.27. The zero-order valence-electron chi connectivity index (χ0n) is 7.85. The van der Waals surface area contributed by atoms with Gasteiger partial charge in [-0.1, -0.05) is 0 Å². The highest BCUT2D eigenvalue weighted by Gasteiger charge is 2.08. The van der Waals surface area contributed by atoms with Crippen molar-refractivity contribution in [3.05, 3.63) is 23.0 Å². The van der Waals surface area contributed by atoms with E-state index in [0.29, 0.717) is 0 Å². The number of hydrogen-bond donors (Lipinski definition) is 3. The Kier molecular flexibility index (Phi) is 3.08. The van der Waals surface area contributed by atoms with Crippen molar-refractivity contribution >= 4 is 5.97 Å². The van der Waals surface area contributed by atoms with Gasteiger partial charge in [0.05, 0.1) is 0 Å². The molecule has 0 spiro atoms. The number of carboxylic acid groups (broad SMARTS) is 1. The Labute approximate surface area is 77.0 Å². The first-order valence-corrected chi connectivity index (χ1v) is 4.21. The molecule has 72 valence electrons. The fourth-order valence-corrected chi connectivity index (χ4v) is 1.23. The third kappa shape index (κ3) is 2.32. The first-order valence-electron chi connectivity index (χ1n) is 4.21. The minimum atomic E-state index is -0.904. The molecule has 4 heteroatoms. The van der Waals surface area contributed by atoms with Gasteiger partial charge in [0.15, 0.2) is 0 Å². The molecule has 1 aromatic rings. The highest BCUT2D eigenvalue weighted by molar-refractivity contribution is 5.85. The van der Waals surface area contributed by atoms with E-state index in [1.54, 1.807) is 6.07 Å². The van der Waals surface area contributed by atoms with E-state index in [-0.39, 0.29) is 5.69 Å². The first kappa shape index (κ1) is 9.80. The minimum Gasteiger partial charge on any atom is -0.477 e. The van der Waals surface area contributed by atoms with Crippen LogP contribution >= 0.6 is 0 Å². The smallest absolute Gasteiger partial charge is 0.352 e. The predicted octanol–water partition coefficient (Wildman–Crippen LogP) is 0.783. The Balaban J connectivity index is 2.77. The van der Waals surface area contributed by atoms with Crippen LogP contribution in [0, 0.1) is 6.92 Å². The standard InChI is InChI=1S/C9H14N2O2/c1-6-5-8(9(12)13)11-7(6)3-4-10-2/h5,10-11H,3-4H2,1-2H3,(H,12,13). The molecule has 0 aliphatic rings. The van der Waals surface area contributed by atoms with Gasteiger partial charge >= 0.3 is 5.97 Å². The van der Waals surface area contributed by atoms with Gasteiger partial charge in [-0.25, -0.2) is 4.79 Å². The molecular weight excluding hydrogens is 168 g/mol. The second kappa shape index (κ2) is 4.09. The van der Waals surface area contributed by atoms with E-state index in [0.717, 1.165) is 24.2 Å². The number of rotatable bonds is 4. The van der Waals surface area contributed by atoms with E-state index >= 15 is 0 Å². The van der Waals surface area contributed by atoms with Crippen LogP contribution in [-0.4, -0.2) is 29.7 Å². The number of likely N-dealkylation sites (N-methyl/N-ethyl adjacent to an activating group) is 1. The summed E-state index contributed by atoms with van der Waals surface area (Å²) in [5.74, 6) is -0.904. The van der Waals surface area contributed by atoms with Gasteiger partial charge in [0.1, 0.15) is 5.69 Å². The quantitative estimate of drug-likeness (QED) is 0.644. The maximum atomic E-state index is 10.6. The van der Waals surface area contributed by atoms with Gasteiger partial charge in [-0.3, -0.25) is 0 Å². The van der Waals surface area contributed by atoms with Crippen molar-refractivity contribution in [2.45, 2.75) is 13.3 Å². The normalized spacial score (nSPS) is 10.3. The SMILES string of the molecule is CNCCc1[nH]c(C(=O)O)cc1C. The first-order chi connectivity index (χ1) is 6.15. The Hall–Kier alpha value is -1.29. The van der Waals surface area contributed by atoms with E-state index in [9.17, 15) is 4.79 Å². The Bertz CT molecular complexity index is 305. The van der Waals surface area contributed by atoms with Crippen LogP contribution in [0.1, 0.15) is 21.7 Å². The average Bonchev–Trinajstić information content (AvgIpc) is 2.44. The number of H-pyrrole nitrogens is 1. The molecule has 0 aromatic carbocycles. The van der Waals surface area contributed by atoms with Crippen molar-refractivity contribution in [2.24, 2.45) is 0 Å². The van der Waals surface area contributed by atoms with Gasteiger partial charge in [0.2, 0.25) is 0 Å². The van der Waals surface area contributed by atoms with Crippen LogP contribution in [0.2, 0.25) is 0 Å². The van der Waals surface area contributed by atoms with Gasteiger partial charge in [-0.2, -0.15) is 0 Å². The number of carbonyl (C=O) groups is 1. The molecule has 0 unspecified atom stereocenters. The third-order valence-corrected chi connectivity index (χ3v) is 1.98. The van der Waals surface area contributed by atoms with Gasteiger partial charge in [0.25, 0.3) is 0 Å². The monoisotopic (exact) mass is 182 g/mol. The maximum Gasteiger partial charge on any atom is 0.352 e. The second-order valence-electron chi connectivity index (χ2n) is 3.00. The van der Waals surface area contributed by atoms with Crippen molar-refractivity contribution in [1.29, 1.82) is 0 Å². The van der Waals surface area contributed by atoms with Gasteiger partial charge < -0.3 is 15.4 Å². The molecule has 0 radical (unpaired) electrons. The van der Waals surface area contributed by atoms with Crippen molar-refractivity contribution in [3.63, 3.8) is 0 Å². The molecule has 13 heavy (non-hydrogen) atoms. The van der Waals surface area contributed by atoms with E-state index in [1.807, 2.05) is 14.0 Å². The predicted molar refractivity (Wildman–Crippen MR) is 50.1 cm³/mol. The van der Waals surface area contributed by atoms with Gasteiger partial charge in [-0.05, 0) is 25.6 Å². The molecule has 0 amide bonds. The number of nitrogens with one attached hydrogen (secondary N) is 2. The number of aromatic nitrogens is 1. The highest BCUT2D eigenvalue weighted by Crippen LogP contribution is 2.09. The van der Waals surface area contributed by atoms with Crippen LogP contribution in [0.25, 0.3) is 0 Å². The molecule has 0 bridgehead atoms. The lowest BCUT2D eigenvalue weighted by Crippen LogP contribution is -2.11. The van der Waals surface area contributed by atoms with Gasteiger partial charge in [0, 0.05) is 18.7 Å². The fraction of sp³-hybridized carbons (Fsp3) is 0.444. The number of hydrogen-bond acceptors (Lipinski definition) is 2. The molecule has 0 saturated carbocycles. The zero-order chi connectivity index (χ0) is 9.84. The lowest BCUT2D eigenvalue weighted by molar-refractivity contribution is 0.0691. The summed E-state index contributed by atoms with van der Waals surface area (Å²) in [5, 5.41) is 11.7. The summed E-state index contributed by atoms with van der Waals surface area (Å²) in [6.07, 6.45) is 0.829. The zero-order valence-corrected chi connectivity index (χ0v) is 7.85. The summed E-state index contributed by atoms with van der Waals surface area (Å²) < 4.78 is 0. The minimum absolute atomic E-state index is 0.267. The van der Waals surface area contributed by atoms with E-state index in [2.05, 4.69) is 10.3 Å².